The van der Waals surface area contributed by atoms with E-state index in [-0.39, 0.29) is 29.3 Å². The minimum atomic E-state index is -6.03. The largest absolute Gasteiger partial charge is 0.534 e. The van der Waals surface area contributed by atoms with E-state index in [1.54, 1.807) is 0 Å². The van der Waals surface area contributed by atoms with Gasteiger partial charge in [-0.25, -0.2) is 9.59 Å². The van der Waals surface area contributed by atoms with E-state index in [1.807, 2.05) is 0 Å². The Morgan fingerprint density at radius 1 is 1.23 bits per heavy atom. The number of fused-ring (bicyclic) bond motifs is 4. The molecule has 0 aliphatic carbocycles. The predicted octanol–water partition coefficient (Wildman–Crippen LogP) is 1.05. The second-order valence-electron chi connectivity index (χ2n) is 6.21. The van der Waals surface area contributed by atoms with Crippen molar-refractivity contribution in [2.24, 2.45) is 0 Å². The van der Waals surface area contributed by atoms with E-state index in [0.29, 0.717) is 0 Å². The number of carbonyl (C=O) groups is 2. The molecule has 12 nitrogen and oxygen atoms in total. The first kappa shape index (κ1) is 23.0. The van der Waals surface area contributed by atoms with Crippen molar-refractivity contribution in [2.75, 3.05) is 13.2 Å². The standard InChI is InChI=1S/C14H13F3N2O10S2/c1-2-27-12(20)11-8-4-3-7(28-30(22,23)14(15,16)17)5-9(8)10-6-18(11)13(21)19(10)29-31(24,25)26/h3-5,10-11H,2,6H2,1H3,(H,24,25,26)/t10-,11+/m0/s1. The van der Waals surface area contributed by atoms with E-state index in [4.69, 9.17) is 9.29 Å². The Morgan fingerprint density at radius 3 is 2.42 bits per heavy atom. The molecule has 1 N–H and O–H groups in total. The highest BCUT2D eigenvalue weighted by Gasteiger charge is 2.53. The SMILES string of the molecule is CCOC(=O)[C@H]1c2ccc(OS(=O)(=O)C(F)(F)F)cc2[C@@H]2CN1C(=O)N2OS(=O)(=O)O. The molecule has 2 amide bonds. The summed E-state index contributed by atoms with van der Waals surface area (Å²) in [6.45, 7) is 0.996. The van der Waals surface area contributed by atoms with Crippen molar-refractivity contribution < 1.29 is 57.4 Å². The van der Waals surface area contributed by atoms with E-state index < -0.39 is 55.9 Å². The summed E-state index contributed by atoms with van der Waals surface area (Å²) in [5.41, 5.74) is -5.88. The maximum absolute atomic E-state index is 12.6. The summed E-state index contributed by atoms with van der Waals surface area (Å²) in [5, 5.41) is 0.190. The molecule has 2 heterocycles. The summed E-state index contributed by atoms with van der Waals surface area (Å²) in [7, 11) is -11.2. The third-order valence-electron chi connectivity index (χ3n) is 4.28. The second-order valence-corrected chi connectivity index (χ2v) is 8.75. The van der Waals surface area contributed by atoms with Crippen molar-refractivity contribution in [3.05, 3.63) is 29.3 Å². The number of amides is 2. The fourth-order valence-electron chi connectivity index (χ4n) is 3.18. The number of carbonyl (C=O) groups excluding carboxylic acids is 2. The van der Waals surface area contributed by atoms with Gasteiger partial charge in [-0.15, -0.1) is 4.28 Å². The van der Waals surface area contributed by atoms with E-state index in [1.165, 1.54) is 6.92 Å². The molecule has 31 heavy (non-hydrogen) atoms. The number of esters is 1. The van der Waals surface area contributed by atoms with Gasteiger partial charge in [0, 0.05) is 0 Å². The minimum absolute atomic E-state index is 0.00115. The molecular weight excluding hydrogens is 477 g/mol. The van der Waals surface area contributed by atoms with Gasteiger partial charge < -0.3 is 13.8 Å². The van der Waals surface area contributed by atoms with Crippen LogP contribution in [0.2, 0.25) is 0 Å². The van der Waals surface area contributed by atoms with Crippen molar-refractivity contribution in [1.29, 1.82) is 0 Å². The quantitative estimate of drug-likeness (QED) is 0.264. The molecule has 2 aliphatic rings. The van der Waals surface area contributed by atoms with E-state index in [0.717, 1.165) is 23.1 Å². The first-order chi connectivity index (χ1) is 14.2. The van der Waals surface area contributed by atoms with Gasteiger partial charge in [0.1, 0.15) is 11.8 Å². The molecule has 172 valence electrons. The molecule has 2 aliphatic heterocycles. The van der Waals surface area contributed by atoms with Crippen LogP contribution in [0, 0.1) is 0 Å². The molecule has 2 bridgehead atoms. The third-order valence-corrected chi connectivity index (χ3v) is 5.61. The zero-order valence-corrected chi connectivity index (χ0v) is 16.9. The van der Waals surface area contributed by atoms with Crippen LogP contribution in [0.25, 0.3) is 0 Å². The van der Waals surface area contributed by atoms with Gasteiger partial charge in [0.15, 0.2) is 6.04 Å². The number of halogens is 3. The summed E-state index contributed by atoms with van der Waals surface area (Å²) in [4.78, 5) is 25.8. The summed E-state index contributed by atoms with van der Waals surface area (Å²) in [6, 6.07) is -1.32. The van der Waals surface area contributed by atoms with Crippen molar-refractivity contribution in [2.45, 2.75) is 24.5 Å². The molecule has 1 fully saturated rings. The van der Waals surface area contributed by atoms with Gasteiger partial charge >= 0.3 is 38.0 Å². The molecule has 0 saturated carbocycles. The molecule has 0 unspecified atom stereocenters. The normalized spacial score (nSPS) is 21.1. The number of rotatable bonds is 6. The van der Waals surface area contributed by atoms with Gasteiger partial charge in [-0.3, -0.25) is 4.55 Å². The average Bonchev–Trinajstić information content (AvgIpc) is 2.87. The van der Waals surface area contributed by atoms with E-state index in [9.17, 15) is 39.6 Å². The molecule has 3 rings (SSSR count). The number of hydrogen-bond acceptors (Lipinski definition) is 9. The minimum Gasteiger partial charge on any atom is -0.464 e. The van der Waals surface area contributed by atoms with Crippen molar-refractivity contribution in [1.82, 2.24) is 9.96 Å². The lowest BCUT2D eigenvalue weighted by molar-refractivity contribution is -0.148. The van der Waals surface area contributed by atoms with Crippen LogP contribution in [0.5, 0.6) is 5.75 Å². The molecule has 17 heteroatoms. The van der Waals surface area contributed by atoms with Crippen LogP contribution in [0.4, 0.5) is 18.0 Å². The molecule has 1 aromatic rings. The topological polar surface area (TPSA) is 157 Å². The number of benzene rings is 1. The Bertz CT molecular complexity index is 1140. The van der Waals surface area contributed by atoms with Gasteiger partial charge in [0.2, 0.25) is 0 Å². The maximum Gasteiger partial charge on any atom is 0.534 e. The second kappa shape index (κ2) is 7.50. The predicted molar refractivity (Wildman–Crippen MR) is 90.7 cm³/mol. The van der Waals surface area contributed by atoms with Gasteiger partial charge in [-0.05, 0) is 30.2 Å². The molecule has 0 aromatic heterocycles. The van der Waals surface area contributed by atoms with Gasteiger partial charge in [0.05, 0.1) is 13.2 Å². The van der Waals surface area contributed by atoms with Crippen LogP contribution in [-0.2, 0) is 34.3 Å². The fourth-order valence-corrected chi connectivity index (χ4v) is 4.01. The lowest BCUT2D eigenvalue weighted by Gasteiger charge is -2.31. The number of urea groups is 1. The summed E-state index contributed by atoms with van der Waals surface area (Å²) >= 11 is 0. The molecule has 1 aromatic carbocycles. The van der Waals surface area contributed by atoms with Crippen LogP contribution >= 0.6 is 0 Å². The van der Waals surface area contributed by atoms with Crippen LogP contribution < -0.4 is 4.18 Å². The molecule has 2 atom stereocenters. The van der Waals surface area contributed by atoms with Crippen LogP contribution in [0.1, 0.15) is 30.1 Å². The Kier molecular flexibility index (Phi) is 5.58. The molecule has 0 spiro atoms. The molecule has 1 saturated heterocycles. The molecular formula is C14H13F3N2O10S2. The zero-order valence-electron chi connectivity index (χ0n) is 15.3. The first-order valence-corrected chi connectivity index (χ1v) is 11.0. The Morgan fingerprint density at radius 2 is 1.87 bits per heavy atom. The Labute approximate surface area is 173 Å². The number of hydroxylamine groups is 2. The number of nitrogens with zero attached hydrogens (tertiary/aromatic N) is 2. The van der Waals surface area contributed by atoms with Gasteiger partial charge in [-0.2, -0.15) is 35.1 Å². The van der Waals surface area contributed by atoms with Gasteiger partial charge in [-0.1, -0.05) is 6.07 Å². The number of ether oxygens (including phenoxy) is 1. The summed E-state index contributed by atoms with van der Waals surface area (Å²) in [5.74, 6) is -1.76. The van der Waals surface area contributed by atoms with Crippen molar-refractivity contribution in [3.63, 3.8) is 0 Å². The number of alkyl halides is 3. The Balaban J connectivity index is 2.10. The van der Waals surface area contributed by atoms with E-state index in [2.05, 4.69) is 8.47 Å². The lowest BCUT2D eigenvalue weighted by Crippen LogP contribution is -2.39. The third kappa shape index (κ3) is 4.25. The summed E-state index contributed by atoms with van der Waals surface area (Å²) < 4.78 is 105. The van der Waals surface area contributed by atoms with E-state index >= 15 is 0 Å². The molecule has 0 radical (unpaired) electrons. The zero-order chi connectivity index (χ0) is 23.4. The highest BCUT2D eigenvalue weighted by atomic mass is 32.3. The fraction of sp³-hybridized carbons (Fsp3) is 0.429. The highest BCUT2D eigenvalue weighted by molar-refractivity contribution is 7.88. The smallest absolute Gasteiger partial charge is 0.464 e. The first-order valence-electron chi connectivity index (χ1n) is 8.24. The van der Waals surface area contributed by atoms with Crippen molar-refractivity contribution in [3.8, 4) is 5.75 Å². The maximum atomic E-state index is 12.6. The Hall–Kier alpha value is -2.63. The van der Waals surface area contributed by atoms with Gasteiger partial charge in [0.25, 0.3) is 0 Å². The summed E-state index contributed by atoms with van der Waals surface area (Å²) in [6.07, 6.45) is 0. The van der Waals surface area contributed by atoms with Crippen LogP contribution in [0.15, 0.2) is 18.2 Å². The average molecular weight is 490 g/mol. The lowest BCUT2D eigenvalue weighted by atomic mass is 9.91. The van der Waals surface area contributed by atoms with Crippen molar-refractivity contribution >= 4 is 32.5 Å². The monoisotopic (exact) mass is 490 g/mol. The van der Waals surface area contributed by atoms with Crippen LogP contribution in [0.3, 0.4) is 0 Å². The number of hydrogen-bond donors (Lipinski definition) is 1. The van der Waals surface area contributed by atoms with Crippen LogP contribution in [-0.4, -0.2) is 62.0 Å². The highest BCUT2D eigenvalue weighted by Crippen LogP contribution is 2.46.